The van der Waals surface area contributed by atoms with E-state index < -0.39 is 11.8 Å². The number of benzene rings is 1. The van der Waals surface area contributed by atoms with Crippen LogP contribution in [0, 0.1) is 17.8 Å². The maximum absolute atomic E-state index is 12.0. The molecule has 3 rings (SSSR count). The Hall–Kier alpha value is -2.06. The highest BCUT2D eigenvalue weighted by Gasteiger charge is 2.34. The van der Waals surface area contributed by atoms with Crippen molar-refractivity contribution in [2.45, 2.75) is 58.3 Å². The van der Waals surface area contributed by atoms with Gasteiger partial charge in [0.05, 0.1) is 12.7 Å². The van der Waals surface area contributed by atoms with Gasteiger partial charge in [0.1, 0.15) is 17.6 Å². The molecule has 5 nitrogen and oxygen atoms in total. The van der Waals surface area contributed by atoms with E-state index in [0.717, 1.165) is 36.1 Å². The fourth-order valence-corrected chi connectivity index (χ4v) is 5.16. The van der Waals surface area contributed by atoms with Gasteiger partial charge in [0, 0.05) is 19.8 Å². The molecule has 0 bridgehead atoms. The highest BCUT2D eigenvalue weighted by molar-refractivity contribution is 14.1. The fourth-order valence-electron chi connectivity index (χ4n) is 4.62. The first-order chi connectivity index (χ1) is 16.2. The Morgan fingerprint density at radius 1 is 1.29 bits per heavy atom. The van der Waals surface area contributed by atoms with Crippen LogP contribution in [0.3, 0.4) is 0 Å². The highest BCUT2D eigenvalue weighted by Crippen LogP contribution is 2.39. The summed E-state index contributed by atoms with van der Waals surface area (Å²) in [5, 5.41) is 9.23. The number of hydrogen-bond acceptors (Lipinski definition) is 5. The lowest BCUT2D eigenvalue weighted by Gasteiger charge is -2.37. The van der Waals surface area contributed by atoms with Crippen molar-refractivity contribution >= 4 is 28.6 Å². The van der Waals surface area contributed by atoms with Gasteiger partial charge in [0.25, 0.3) is 0 Å². The van der Waals surface area contributed by atoms with E-state index in [1.807, 2.05) is 36.4 Å². The third-order valence-electron chi connectivity index (χ3n) is 6.25. The monoisotopic (exact) mass is 578 g/mol. The zero-order valence-corrected chi connectivity index (χ0v) is 22.4. The SMILES string of the molecule is C=C(CO)Cc1ccc(O[C@H](/C=C/C2=CC(=O)OC(C)(C)O2)[C@@H]2CC[C@@H](C)C[C@H]2/C=C/I)cc1. The van der Waals surface area contributed by atoms with Crippen LogP contribution >= 0.6 is 22.6 Å². The molecule has 184 valence electrons. The van der Waals surface area contributed by atoms with Gasteiger partial charge in [-0.25, -0.2) is 4.79 Å². The second-order valence-corrected chi connectivity index (χ2v) is 10.4. The molecule has 0 radical (unpaired) electrons. The average Bonchev–Trinajstić information content (AvgIpc) is 2.77. The van der Waals surface area contributed by atoms with Gasteiger partial charge in [-0.15, -0.1) is 0 Å². The van der Waals surface area contributed by atoms with Crippen molar-refractivity contribution < 1.29 is 24.1 Å². The molecule has 0 aromatic heterocycles. The molecule has 0 unspecified atom stereocenters. The number of cyclic esters (lactones) is 1. The quantitative estimate of drug-likeness (QED) is 0.213. The number of halogens is 1. The summed E-state index contributed by atoms with van der Waals surface area (Å²) < 4.78 is 19.6. The maximum Gasteiger partial charge on any atom is 0.337 e. The molecule has 34 heavy (non-hydrogen) atoms. The standard InChI is InChI=1S/C28H35IO5/c1-19-5-11-25(22(16-19)13-14-29)26(12-10-24-17-27(31)34-28(3,4)33-24)32-23-8-6-21(7-9-23)15-20(2)18-30/h6-10,12-14,17,19,22,25-26,30H,2,5,11,15-16,18H2,1,3-4H3/b12-10+,14-13+/t19-,22-,25-,26-/m1/s1. The van der Waals surface area contributed by atoms with E-state index in [1.54, 1.807) is 13.8 Å². The van der Waals surface area contributed by atoms with E-state index in [2.05, 4.69) is 46.3 Å². The topological polar surface area (TPSA) is 65.0 Å². The second-order valence-electron chi connectivity index (χ2n) is 9.70. The van der Waals surface area contributed by atoms with Crippen molar-refractivity contribution in [2.24, 2.45) is 17.8 Å². The van der Waals surface area contributed by atoms with E-state index in [0.29, 0.717) is 29.9 Å². The molecule has 1 aromatic rings. The van der Waals surface area contributed by atoms with Gasteiger partial charge in [-0.3, -0.25) is 0 Å². The lowest BCUT2D eigenvalue weighted by Crippen LogP contribution is -2.35. The van der Waals surface area contributed by atoms with Gasteiger partial charge in [-0.05, 0) is 70.6 Å². The van der Waals surface area contributed by atoms with Gasteiger partial charge < -0.3 is 19.3 Å². The van der Waals surface area contributed by atoms with Crippen LogP contribution in [-0.4, -0.2) is 29.6 Å². The van der Waals surface area contributed by atoms with Gasteiger partial charge in [-0.1, -0.05) is 60.7 Å². The number of hydrogen-bond donors (Lipinski definition) is 1. The first-order valence-corrected chi connectivity index (χ1v) is 13.1. The number of aliphatic hydroxyl groups excluding tert-OH is 1. The van der Waals surface area contributed by atoms with Gasteiger partial charge >= 0.3 is 5.97 Å². The number of rotatable bonds is 9. The average molecular weight is 578 g/mol. The Balaban J connectivity index is 1.84. The third-order valence-corrected chi connectivity index (χ3v) is 6.67. The Labute approximate surface area is 216 Å². The van der Waals surface area contributed by atoms with Crippen molar-refractivity contribution in [3.8, 4) is 5.75 Å². The maximum atomic E-state index is 12.0. The predicted molar refractivity (Wildman–Crippen MR) is 142 cm³/mol. The number of carbonyl (C=O) groups excluding carboxylic acids is 1. The first-order valence-electron chi connectivity index (χ1n) is 11.8. The Bertz CT molecular complexity index is 944. The van der Waals surface area contributed by atoms with E-state index in [-0.39, 0.29) is 12.7 Å². The van der Waals surface area contributed by atoms with Crippen LogP contribution in [0.1, 0.15) is 45.6 Å². The minimum atomic E-state index is -0.997. The summed E-state index contributed by atoms with van der Waals surface area (Å²) in [6.45, 7) is 9.60. The summed E-state index contributed by atoms with van der Waals surface area (Å²) >= 11 is 2.29. The molecular formula is C28H35IO5. The van der Waals surface area contributed by atoms with Crippen LogP contribution < -0.4 is 4.74 Å². The van der Waals surface area contributed by atoms with Crippen molar-refractivity contribution in [1.82, 2.24) is 0 Å². The molecule has 6 heteroatoms. The van der Waals surface area contributed by atoms with Crippen LogP contribution in [0.5, 0.6) is 5.75 Å². The molecule has 0 spiro atoms. The molecule has 1 aliphatic heterocycles. The van der Waals surface area contributed by atoms with E-state index in [1.165, 1.54) is 6.08 Å². The number of allylic oxidation sites excluding steroid dienone is 2. The lowest BCUT2D eigenvalue weighted by molar-refractivity contribution is -0.203. The van der Waals surface area contributed by atoms with Crippen molar-refractivity contribution in [3.05, 3.63) is 76.1 Å². The molecular weight excluding hydrogens is 543 g/mol. The van der Waals surface area contributed by atoms with Crippen molar-refractivity contribution in [3.63, 3.8) is 0 Å². The molecule has 0 saturated heterocycles. The molecule has 1 saturated carbocycles. The number of ether oxygens (including phenoxy) is 3. The number of carbonyl (C=O) groups is 1. The molecule has 1 aliphatic carbocycles. The minimum Gasteiger partial charge on any atom is -0.486 e. The summed E-state index contributed by atoms with van der Waals surface area (Å²) in [7, 11) is 0. The fraction of sp³-hybridized carbons (Fsp3) is 0.464. The van der Waals surface area contributed by atoms with E-state index >= 15 is 0 Å². The first kappa shape index (κ1) is 26.5. The van der Waals surface area contributed by atoms with Gasteiger partial charge in [-0.2, -0.15) is 0 Å². The lowest BCUT2D eigenvalue weighted by atomic mass is 9.72. The summed E-state index contributed by atoms with van der Waals surface area (Å²) in [6.07, 6.45) is 11.3. The van der Waals surface area contributed by atoms with E-state index in [4.69, 9.17) is 14.2 Å². The molecule has 1 aromatic carbocycles. The second kappa shape index (κ2) is 12.1. The van der Waals surface area contributed by atoms with Crippen molar-refractivity contribution in [2.75, 3.05) is 6.61 Å². The zero-order valence-electron chi connectivity index (χ0n) is 20.2. The summed E-state index contributed by atoms with van der Waals surface area (Å²) in [4.78, 5) is 12.0. The van der Waals surface area contributed by atoms with Crippen LogP contribution in [-0.2, 0) is 20.7 Å². The summed E-state index contributed by atoms with van der Waals surface area (Å²) in [5.74, 6) is 1.23. The molecule has 1 fully saturated rings. The molecule has 4 atom stereocenters. The zero-order chi connectivity index (χ0) is 24.7. The van der Waals surface area contributed by atoms with Gasteiger partial charge in [0.2, 0.25) is 5.79 Å². The molecule has 2 aliphatic rings. The number of esters is 1. The van der Waals surface area contributed by atoms with Crippen molar-refractivity contribution in [1.29, 1.82) is 0 Å². The Kier molecular flexibility index (Phi) is 9.42. The highest BCUT2D eigenvalue weighted by atomic mass is 127. The van der Waals surface area contributed by atoms with E-state index in [9.17, 15) is 9.90 Å². The predicted octanol–water partition coefficient (Wildman–Crippen LogP) is 6.28. The summed E-state index contributed by atoms with van der Waals surface area (Å²) in [6, 6.07) is 7.94. The smallest absolute Gasteiger partial charge is 0.337 e. The van der Waals surface area contributed by atoms with Crippen LogP contribution in [0.4, 0.5) is 0 Å². The third kappa shape index (κ3) is 7.73. The molecule has 1 heterocycles. The normalized spacial score (nSPS) is 25.5. The Morgan fingerprint density at radius 2 is 2.03 bits per heavy atom. The number of aliphatic hydroxyl groups is 1. The van der Waals surface area contributed by atoms with Crippen LogP contribution in [0.2, 0.25) is 0 Å². The van der Waals surface area contributed by atoms with Gasteiger partial charge in [0.15, 0.2) is 0 Å². The minimum absolute atomic E-state index is 0.0147. The van der Waals surface area contributed by atoms with Crippen LogP contribution in [0.25, 0.3) is 0 Å². The Morgan fingerprint density at radius 3 is 2.68 bits per heavy atom. The molecule has 1 N–H and O–H groups in total. The molecule has 0 amide bonds. The van der Waals surface area contributed by atoms with Crippen LogP contribution in [0.15, 0.2) is 70.6 Å². The summed E-state index contributed by atoms with van der Waals surface area (Å²) in [5.41, 5.74) is 1.86. The largest absolute Gasteiger partial charge is 0.486 e.